The largest absolute Gasteiger partial charge is 0.462 e. The highest BCUT2D eigenvalue weighted by Gasteiger charge is 2.31. The SMILES string of the molecule is CCCCCCCCOC(=O)C(CCCCCCCC)=C(C(=O)OCCCCCCCC)C1CCCC1. The van der Waals surface area contributed by atoms with Crippen LogP contribution in [0.2, 0.25) is 0 Å². The van der Waals surface area contributed by atoms with Gasteiger partial charge in [0, 0.05) is 5.57 Å². The van der Waals surface area contributed by atoms with Crippen molar-refractivity contribution < 1.29 is 19.1 Å². The van der Waals surface area contributed by atoms with Gasteiger partial charge in [-0.3, -0.25) is 0 Å². The molecule has 1 aliphatic carbocycles. The average Bonchev–Trinajstić information content (AvgIpc) is 3.43. The zero-order chi connectivity index (χ0) is 27.0. The number of hydrogen-bond acceptors (Lipinski definition) is 4. The molecule has 0 atom stereocenters. The second-order valence-corrected chi connectivity index (χ2v) is 11.2. The predicted octanol–water partition coefficient (Wildman–Crippen LogP) is 10.0. The molecule has 1 aliphatic rings. The van der Waals surface area contributed by atoms with E-state index < -0.39 is 0 Å². The Morgan fingerprint density at radius 3 is 1.43 bits per heavy atom. The summed E-state index contributed by atoms with van der Waals surface area (Å²) < 4.78 is 11.6. The Balaban J connectivity index is 2.80. The molecule has 1 fully saturated rings. The third-order valence-corrected chi connectivity index (χ3v) is 7.80. The molecule has 1 rings (SSSR count). The Morgan fingerprint density at radius 2 is 0.946 bits per heavy atom. The van der Waals surface area contributed by atoms with Gasteiger partial charge in [0.15, 0.2) is 0 Å². The van der Waals surface area contributed by atoms with Crippen LogP contribution in [-0.2, 0) is 19.1 Å². The van der Waals surface area contributed by atoms with E-state index in [2.05, 4.69) is 20.8 Å². The summed E-state index contributed by atoms with van der Waals surface area (Å²) in [4.78, 5) is 26.7. The van der Waals surface area contributed by atoms with Crippen LogP contribution in [0.4, 0.5) is 0 Å². The lowest BCUT2D eigenvalue weighted by atomic mass is 9.90. The van der Waals surface area contributed by atoms with Gasteiger partial charge in [0.1, 0.15) is 0 Å². The minimum absolute atomic E-state index is 0.147. The normalized spacial score (nSPS) is 14.6. The highest BCUT2D eigenvalue weighted by atomic mass is 16.5. The average molecular weight is 521 g/mol. The van der Waals surface area contributed by atoms with Crippen LogP contribution < -0.4 is 0 Å². The number of esters is 2. The van der Waals surface area contributed by atoms with Crippen molar-refractivity contribution in [3.63, 3.8) is 0 Å². The molecular formula is C33H60O4. The summed E-state index contributed by atoms with van der Waals surface area (Å²) in [5, 5.41) is 0. The Bertz CT molecular complexity index is 603. The minimum Gasteiger partial charge on any atom is -0.462 e. The van der Waals surface area contributed by atoms with Crippen molar-refractivity contribution in [1.82, 2.24) is 0 Å². The number of unbranched alkanes of at least 4 members (excludes halogenated alkanes) is 15. The summed E-state index contributed by atoms with van der Waals surface area (Å²) in [5.74, 6) is -0.368. The second kappa shape index (κ2) is 23.8. The van der Waals surface area contributed by atoms with Crippen LogP contribution in [-0.4, -0.2) is 25.2 Å². The molecule has 0 amide bonds. The fourth-order valence-corrected chi connectivity index (χ4v) is 5.44. The minimum atomic E-state index is -0.263. The maximum atomic E-state index is 13.4. The molecule has 0 unspecified atom stereocenters. The van der Waals surface area contributed by atoms with Crippen molar-refractivity contribution in [2.45, 2.75) is 168 Å². The van der Waals surface area contributed by atoms with E-state index in [0.29, 0.717) is 30.8 Å². The van der Waals surface area contributed by atoms with Gasteiger partial charge in [-0.15, -0.1) is 0 Å². The summed E-state index contributed by atoms with van der Waals surface area (Å²) in [6.45, 7) is 7.58. The van der Waals surface area contributed by atoms with Gasteiger partial charge in [-0.25, -0.2) is 9.59 Å². The van der Waals surface area contributed by atoms with Crippen LogP contribution in [0.15, 0.2) is 11.1 Å². The van der Waals surface area contributed by atoms with Gasteiger partial charge in [0.25, 0.3) is 0 Å². The molecule has 1 saturated carbocycles. The maximum absolute atomic E-state index is 13.4. The molecule has 0 N–H and O–H groups in total. The van der Waals surface area contributed by atoms with E-state index >= 15 is 0 Å². The van der Waals surface area contributed by atoms with Crippen LogP contribution in [0.5, 0.6) is 0 Å². The number of carbonyl (C=O) groups is 2. The smallest absolute Gasteiger partial charge is 0.334 e. The molecule has 4 heteroatoms. The molecule has 0 aromatic heterocycles. The van der Waals surface area contributed by atoms with Crippen molar-refractivity contribution in [3.8, 4) is 0 Å². The van der Waals surface area contributed by atoms with E-state index in [-0.39, 0.29) is 17.9 Å². The molecule has 0 saturated heterocycles. The first-order valence-electron chi connectivity index (χ1n) is 16.2. The van der Waals surface area contributed by atoms with Crippen molar-refractivity contribution in [1.29, 1.82) is 0 Å². The standard InChI is InChI=1S/C33H60O4/c1-4-7-10-13-16-19-26-30(32(34)36-27-22-17-14-11-8-5-2)31(29-24-20-21-25-29)33(35)37-28-23-18-15-12-9-6-3/h29H,4-28H2,1-3H3. The fourth-order valence-electron chi connectivity index (χ4n) is 5.44. The first-order chi connectivity index (χ1) is 18.2. The number of hydrogen-bond donors (Lipinski definition) is 0. The topological polar surface area (TPSA) is 52.6 Å². The Labute approximate surface area is 229 Å². The summed E-state index contributed by atoms with van der Waals surface area (Å²) in [7, 11) is 0. The van der Waals surface area contributed by atoms with Crippen molar-refractivity contribution in [2.24, 2.45) is 5.92 Å². The quantitative estimate of drug-likeness (QED) is 0.0721. The lowest BCUT2D eigenvalue weighted by Gasteiger charge is -2.19. The molecular weight excluding hydrogens is 460 g/mol. The maximum Gasteiger partial charge on any atom is 0.334 e. The highest BCUT2D eigenvalue weighted by Crippen LogP contribution is 2.35. The van der Waals surface area contributed by atoms with Crippen molar-refractivity contribution in [2.75, 3.05) is 13.2 Å². The fraction of sp³-hybridized carbons (Fsp3) is 0.879. The van der Waals surface area contributed by atoms with Gasteiger partial charge >= 0.3 is 11.9 Å². The highest BCUT2D eigenvalue weighted by molar-refractivity contribution is 6.00. The molecule has 0 aliphatic heterocycles. The lowest BCUT2D eigenvalue weighted by molar-refractivity contribution is -0.143. The monoisotopic (exact) mass is 520 g/mol. The molecule has 216 valence electrons. The van der Waals surface area contributed by atoms with Crippen LogP contribution in [0.1, 0.15) is 168 Å². The first-order valence-corrected chi connectivity index (χ1v) is 16.2. The molecule has 0 bridgehead atoms. The van der Waals surface area contributed by atoms with Crippen LogP contribution in [0, 0.1) is 5.92 Å². The second-order valence-electron chi connectivity index (χ2n) is 11.2. The van der Waals surface area contributed by atoms with E-state index in [1.165, 1.54) is 77.0 Å². The van der Waals surface area contributed by atoms with Gasteiger partial charge < -0.3 is 9.47 Å². The van der Waals surface area contributed by atoms with Crippen LogP contribution in [0.25, 0.3) is 0 Å². The number of carbonyl (C=O) groups excluding carboxylic acids is 2. The van der Waals surface area contributed by atoms with Gasteiger partial charge in [0.05, 0.1) is 18.8 Å². The number of ether oxygens (including phenoxy) is 2. The zero-order valence-electron chi connectivity index (χ0n) is 24.9. The third kappa shape index (κ3) is 16.3. The summed E-state index contributed by atoms with van der Waals surface area (Å²) in [6, 6.07) is 0. The Morgan fingerprint density at radius 1 is 0.541 bits per heavy atom. The van der Waals surface area contributed by atoms with Crippen LogP contribution >= 0.6 is 0 Å². The number of rotatable bonds is 24. The van der Waals surface area contributed by atoms with E-state index in [1.807, 2.05) is 0 Å². The van der Waals surface area contributed by atoms with Gasteiger partial charge in [-0.05, 0) is 44.4 Å². The molecule has 37 heavy (non-hydrogen) atoms. The Hall–Kier alpha value is -1.32. The van der Waals surface area contributed by atoms with Gasteiger partial charge in [-0.2, -0.15) is 0 Å². The van der Waals surface area contributed by atoms with Gasteiger partial charge in [0.2, 0.25) is 0 Å². The molecule has 0 aromatic rings. The van der Waals surface area contributed by atoms with Crippen molar-refractivity contribution in [3.05, 3.63) is 11.1 Å². The molecule has 0 spiro atoms. The Kier molecular flexibility index (Phi) is 21.7. The molecule has 0 aromatic carbocycles. The van der Waals surface area contributed by atoms with Crippen LogP contribution in [0.3, 0.4) is 0 Å². The summed E-state index contributed by atoms with van der Waals surface area (Å²) in [5.41, 5.74) is 1.28. The molecule has 0 radical (unpaired) electrons. The summed E-state index contributed by atoms with van der Waals surface area (Å²) in [6.07, 6.45) is 25.7. The lowest BCUT2D eigenvalue weighted by Crippen LogP contribution is -2.22. The third-order valence-electron chi connectivity index (χ3n) is 7.80. The van der Waals surface area contributed by atoms with E-state index in [1.54, 1.807) is 0 Å². The van der Waals surface area contributed by atoms with Gasteiger partial charge in [-0.1, -0.05) is 130 Å². The predicted molar refractivity (Wildman–Crippen MR) is 156 cm³/mol. The molecule has 0 heterocycles. The van der Waals surface area contributed by atoms with E-state index in [4.69, 9.17) is 9.47 Å². The zero-order valence-corrected chi connectivity index (χ0v) is 24.9. The van der Waals surface area contributed by atoms with E-state index in [0.717, 1.165) is 64.2 Å². The first kappa shape index (κ1) is 33.7. The molecule has 4 nitrogen and oxygen atoms in total. The summed E-state index contributed by atoms with van der Waals surface area (Å²) >= 11 is 0. The van der Waals surface area contributed by atoms with Crippen molar-refractivity contribution >= 4 is 11.9 Å². The van der Waals surface area contributed by atoms with E-state index in [9.17, 15) is 9.59 Å².